The summed E-state index contributed by atoms with van der Waals surface area (Å²) in [7, 11) is 0. The fourth-order valence-corrected chi connectivity index (χ4v) is 4.74. The van der Waals surface area contributed by atoms with Crippen molar-refractivity contribution in [3.05, 3.63) is 70.8 Å². The van der Waals surface area contributed by atoms with Crippen molar-refractivity contribution in [3.8, 4) is 5.75 Å². The van der Waals surface area contributed by atoms with Crippen molar-refractivity contribution >= 4 is 11.5 Å². The van der Waals surface area contributed by atoms with E-state index in [4.69, 9.17) is 0 Å². The average molecular weight is 361 g/mol. The van der Waals surface area contributed by atoms with Crippen LogP contribution >= 0.6 is 0 Å². The van der Waals surface area contributed by atoms with Gasteiger partial charge < -0.3 is 10.4 Å². The fraction of sp³-hybridized carbons (Fsp3) is 0.375. The quantitative estimate of drug-likeness (QED) is 0.812. The molecule has 1 atom stereocenters. The Labute approximate surface area is 161 Å². The molecule has 3 nitrogen and oxygen atoms in total. The summed E-state index contributed by atoms with van der Waals surface area (Å²) in [4.78, 5) is 12.1. The molecule has 0 aliphatic heterocycles. The topological polar surface area (TPSA) is 49.3 Å². The van der Waals surface area contributed by atoms with Crippen LogP contribution in [0.3, 0.4) is 0 Å². The van der Waals surface area contributed by atoms with Crippen molar-refractivity contribution < 1.29 is 9.90 Å². The smallest absolute Gasteiger partial charge is 0.155 e. The molecular weight excluding hydrogens is 334 g/mol. The summed E-state index contributed by atoms with van der Waals surface area (Å²) >= 11 is 0. The average Bonchev–Trinajstić information content (AvgIpc) is 2.63. The van der Waals surface area contributed by atoms with Gasteiger partial charge in [-0.05, 0) is 86.6 Å². The van der Waals surface area contributed by atoms with E-state index in [1.54, 1.807) is 6.07 Å². The Morgan fingerprint density at radius 2 is 1.85 bits per heavy atom. The van der Waals surface area contributed by atoms with Gasteiger partial charge in [0.05, 0.1) is 0 Å². The second-order valence-electron chi connectivity index (χ2n) is 8.23. The third-order valence-electron chi connectivity index (χ3n) is 5.93. The lowest BCUT2D eigenvalue weighted by atomic mass is 9.59. The molecule has 0 radical (unpaired) electrons. The molecule has 2 aliphatic rings. The Morgan fingerprint density at radius 3 is 2.59 bits per heavy atom. The molecule has 2 aromatic carbocycles. The molecule has 0 fully saturated rings. The summed E-state index contributed by atoms with van der Waals surface area (Å²) < 4.78 is 0. The molecule has 0 bridgehead atoms. The van der Waals surface area contributed by atoms with E-state index in [1.807, 2.05) is 12.1 Å². The van der Waals surface area contributed by atoms with Crippen LogP contribution in [0.2, 0.25) is 0 Å². The number of phenols is 1. The molecule has 3 heteroatoms. The van der Waals surface area contributed by atoms with E-state index in [-0.39, 0.29) is 11.2 Å². The number of aryl methyl sites for hydroxylation is 1. The molecule has 2 N–H and O–H groups in total. The zero-order chi connectivity index (χ0) is 19.0. The first kappa shape index (κ1) is 17.8. The lowest BCUT2D eigenvalue weighted by molar-refractivity contribution is -0.115. The van der Waals surface area contributed by atoms with Crippen molar-refractivity contribution in [1.82, 2.24) is 0 Å². The predicted octanol–water partition coefficient (Wildman–Crippen LogP) is 4.93. The minimum absolute atomic E-state index is 0.123. The highest BCUT2D eigenvalue weighted by Crippen LogP contribution is 2.49. The van der Waals surface area contributed by atoms with E-state index in [9.17, 15) is 9.90 Å². The van der Waals surface area contributed by atoms with Gasteiger partial charge in [-0.15, -0.1) is 0 Å². The molecule has 0 saturated heterocycles. The van der Waals surface area contributed by atoms with Gasteiger partial charge in [-0.1, -0.05) is 23.8 Å². The lowest BCUT2D eigenvalue weighted by Gasteiger charge is -2.44. The van der Waals surface area contributed by atoms with E-state index in [1.165, 1.54) is 22.3 Å². The largest absolute Gasteiger partial charge is 0.508 e. The minimum atomic E-state index is -0.123. The van der Waals surface area contributed by atoms with Gasteiger partial charge in [0.15, 0.2) is 5.78 Å². The van der Waals surface area contributed by atoms with Crippen LogP contribution in [0.25, 0.3) is 0 Å². The van der Waals surface area contributed by atoms with Crippen LogP contribution in [0.1, 0.15) is 49.8 Å². The maximum absolute atomic E-state index is 12.1. The third kappa shape index (κ3) is 3.39. The molecule has 2 aliphatic carbocycles. The van der Waals surface area contributed by atoms with Gasteiger partial charge in [0.1, 0.15) is 5.75 Å². The minimum Gasteiger partial charge on any atom is -0.508 e. The van der Waals surface area contributed by atoms with Crippen LogP contribution in [0.15, 0.2) is 54.1 Å². The molecule has 0 spiro atoms. The van der Waals surface area contributed by atoms with Crippen molar-refractivity contribution in [3.63, 3.8) is 0 Å². The molecule has 140 valence electrons. The number of allylic oxidation sites excluding steroid dienone is 2. The number of anilines is 1. The number of phenolic OH excluding ortho intramolecular Hbond substituents is 1. The first-order valence-electron chi connectivity index (χ1n) is 9.88. The van der Waals surface area contributed by atoms with Crippen LogP contribution < -0.4 is 5.32 Å². The summed E-state index contributed by atoms with van der Waals surface area (Å²) in [5, 5.41) is 13.4. The molecule has 27 heavy (non-hydrogen) atoms. The normalized spacial score (nSPS) is 21.4. The molecule has 2 aromatic rings. The summed E-state index contributed by atoms with van der Waals surface area (Å²) in [6.07, 6.45) is 6.02. The SMILES string of the molecule is CC(C)Nc1ccc(C[C@@]23CCC(=O)C=C2CCc2cc(O)ccc23)cc1. The molecule has 0 unspecified atom stereocenters. The van der Waals surface area contributed by atoms with Crippen molar-refractivity contribution in [2.75, 3.05) is 5.32 Å². The lowest BCUT2D eigenvalue weighted by Crippen LogP contribution is -2.39. The van der Waals surface area contributed by atoms with Gasteiger partial charge in [0, 0.05) is 23.6 Å². The van der Waals surface area contributed by atoms with E-state index >= 15 is 0 Å². The Hall–Kier alpha value is -2.55. The van der Waals surface area contributed by atoms with Gasteiger partial charge in [-0.25, -0.2) is 0 Å². The molecule has 0 amide bonds. The second kappa shape index (κ2) is 6.88. The van der Waals surface area contributed by atoms with E-state index in [0.29, 0.717) is 18.2 Å². The zero-order valence-corrected chi connectivity index (χ0v) is 16.1. The van der Waals surface area contributed by atoms with Crippen molar-refractivity contribution in [2.45, 2.75) is 57.4 Å². The van der Waals surface area contributed by atoms with Crippen LogP contribution in [-0.2, 0) is 23.1 Å². The molecule has 0 saturated carbocycles. The number of ketones is 1. The maximum Gasteiger partial charge on any atom is 0.155 e. The number of rotatable bonds is 4. The number of benzene rings is 2. The Morgan fingerprint density at radius 1 is 1.07 bits per heavy atom. The molecule has 0 aromatic heterocycles. The highest BCUT2D eigenvalue weighted by molar-refractivity contribution is 5.92. The van der Waals surface area contributed by atoms with E-state index in [2.05, 4.69) is 49.5 Å². The molecule has 0 heterocycles. The van der Waals surface area contributed by atoms with Gasteiger partial charge in [0.2, 0.25) is 0 Å². The summed E-state index contributed by atoms with van der Waals surface area (Å²) in [5.41, 5.74) is 6.07. The first-order chi connectivity index (χ1) is 13.0. The number of carbonyl (C=O) groups excluding carboxylic acids is 1. The number of aromatic hydroxyl groups is 1. The third-order valence-corrected chi connectivity index (χ3v) is 5.93. The Balaban J connectivity index is 1.73. The number of nitrogens with one attached hydrogen (secondary N) is 1. The van der Waals surface area contributed by atoms with Gasteiger partial charge >= 0.3 is 0 Å². The highest BCUT2D eigenvalue weighted by atomic mass is 16.3. The van der Waals surface area contributed by atoms with Crippen LogP contribution in [0.5, 0.6) is 5.75 Å². The number of carbonyl (C=O) groups is 1. The monoisotopic (exact) mass is 361 g/mol. The second-order valence-corrected chi connectivity index (χ2v) is 8.23. The first-order valence-corrected chi connectivity index (χ1v) is 9.88. The maximum atomic E-state index is 12.1. The summed E-state index contributed by atoms with van der Waals surface area (Å²) in [6.45, 7) is 4.27. The van der Waals surface area contributed by atoms with Crippen LogP contribution in [0.4, 0.5) is 5.69 Å². The van der Waals surface area contributed by atoms with Crippen LogP contribution in [0, 0.1) is 0 Å². The number of hydrogen-bond donors (Lipinski definition) is 2. The molecular formula is C24H27NO2. The van der Waals surface area contributed by atoms with Gasteiger partial charge in [-0.3, -0.25) is 4.79 Å². The highest BCUT2D eigenvalue weighted by Gasteiger charge is 2.42. The summed E-state index contributed by atoms with van der Waals surface area (Å²) in [6, 6.07) is 14.8. The van der Waals surface area contributed by atoms with Gasteiger partial charge in [-0.2, -0.15) is 0 Å². The van der Waals surface area contributed by atoms with E-state index < -0.39 is 0 Å². The predicted molar refractivity (Wildman–Crippen MR) is 109 cm³/mol. The van der Waals surface area contributed by atoms with Crippen molar-refractivity contribution in [2.24, 2.45) is 0 Å². The Kier molecular flexibility index (Phi) is 4.55. The number of hydrogen-bond acceptors (Lipinski definition) is 3. The standard InChI is InChI=1S/C24H27NO2/c1-16(2)25-20-7-3-17(4-8-20)15-24-12-11-22(27)14-19(24)6-5-18-13-21(26)9-10-23(18)24/h3-4,7-10,13-14,16,25-26H,5-6,11-12,15H2,1-2H3/t24-/m0/s1. The van der Waals surface area contributed by atoms with Crippen LogP contribution in [-0.4, -0.2) is 16.9 Å². The van der Waals surface area contributed by atoms with E-state index in [0.717, 1.165) is 31.4 Å². The fourth-order valence-electron chi connectivity index (χ4n) is 4.74. The zero-order valence-electron chi connectivity index (χ0n) is 16.1. The summed E-state index contributed by atoms with van der Waals surface area (Å²) in [5.74, 6) is 0.576. The Bertz CT molecular complexity index is 895. The molecule has 4 rings (SSSR count). The van der Waals surface area contributed by atoms with Crippen molar-refractivity contribution in [1.29, 1.82) is 0 Å². The van der Waals surface area contributed by atoms with Gasteiger partial charge in [0.25, 0.3) is 0 Å². The number of fused-ring (bicyclic) bond motifs is 3.